The first kappa shape index (κ1) is 16.3. The number of aliphatic hydroxyl groups is 1. The summed E-state index contributed by atoms with van der Waals surface area (Å²) in [6.07, 6.45) is 1.18. The zero-order valence-electron chi connectivity index (χ0n) is 13.1. The highest BCUT2D eigenvalue weighted by atomic mass is 16.3. The molecule has 4 heteroatoms. The zero-order valence-corrected chi connectivity index (χ0v) is 13.1. The second kappa shape index (κ2) is 7.82. The highest BCUT2D eigenvalue weighted by Gasteiger charge is 2.15. The van der Waals surface area contributed by atoms with Gasteiger partial charge in [-0.2, -0.15) is 0 Å². The predicted molar refractivity (Wildman–Crippen MR) is 86.7 cm³/mol. The van der Waals surface area contributed by atoms with Crippen molar-refractivity contribution in [3.8, 4) is 0 Å². The third-order valence-corrected chi connectivity index (χ3v) is 3.36. The van der Waals surface area contributed by atoms with E-state index < -0.39 is 6.10 Å². The Bertz CT molecular complexity index is 611. The van der Waals surface area contributed by atoms with E-state index in [1.165, 1.54) is 0 Å². The number of hydrogen-bond acceptors (Lipinski definition) is 4. The molecule has 1 aromatic carbocycles. The van der Waals surface area contributed by atoms with Crippen LogP contribution in [0.4, 0.5) is 0 Å². The molecule has 1 heterocycles. The Morgan fingerprint density at radius 1 is 1.27 bits per heavy atom. The van der Waals surface area contributed by atoms with Crippen molar-refractivity contribution >= 4 is 5.78 Å². The summed E-state index contributed by atoms with van der Waals surface area (Å²) in [6.45, 7) is 4.99. The third-order valence-electron chi connectivity index (χ3n) is 3.36. The largest absolute Gasteiger partial charge is 0.392 e. The number of ketones is 1. The summed E-state index contributed by atoms with van der Waals surface area (Å²) in [5.41, 5.74) is 2.62. The maximum atomic E-state index is 12.4. The molecule has 0 bridgehead atoms. The lowest BCUT2D eigenvalue weighted by Crippen LogP contribution is -2.35. The fraction of sp³-hybridized carbons (Fsp3) is 0.333. The van der Waals surface area contributed by atoms with E-state index in [2.05, 4.69) is 4.98 Å². The normalized spacial score (nSPS) is 12.4. The Kier molecular flexibility index (Phi) is 5.81. The minimum atomic E-state index is -0.476. The van der Waals surface area contributed by atoms with E-state index in [1.807, 2.05) is 42.2 Å². The number of aromatic nitrogens is 1. The van der Waals surface area contributed by atoms with Gasteiger partial charge in [-0.3, -0.25) is 14.7 Å². The Morgan fingerprint density at radius 3 is 2.64 bits per heavy atom. The van der Waals surface area contributed by atoms with Gasteiger partial charge in [0.1, 0.15) is 0 Å². The van der Waals surface area contributed by atoms with Crippen molar-refractivity contribution in [1.29, 1.82) is 0 Å². The molecule has 0 radical (unpaired) electrons. The van der Waals surface area contributed by atoms with E-state index >= 15 is 0 Å². The van der Waals surface area contributed by atoms with Crippen LogP contribution in [0.25, 0.3) is 0 Å². The van der Waals surface area contributed by atoms with Gasteiger partial charge in [-0.15, -0.1) is 0 Å². The minimum absolute atomic E-state index is 0.0436. The smallest absolute Gasteiger partial charge is 0.176 e. The summed E-state index contributed by atoms with van der Waals surface area (Å²) in [6, 6.07) is 13.5. The third kappa shape index (κ3) is 5.06. The van der Waals surface area contributed by atoms with Crippen LogP contribution in [0.3, 0.4) is 0 Å². The average molecular weight is 298 g/mol. The molecule has 0 aliphatic carbocycles. The number of nitrogens with zero attached hydrogens (tertiary/aromatic N) is 2. The lowest BCUT2D eigenvalue weighted by Gasteiger charge is -2.23. The van der Waals surface area contributed by atoms with E-state index in [0.717, 1.165) is 11.3 Å². The van der Waals surface area contributed by atoms with Gasteiger partial charge in [0.05, 0.1) is 12.6 Å². The molecule has 0 saturated heterocycles. The van der Waals surface area contributed by atoms with Gasteiger partial charge in [0, 0.05) is 30.5 Å². The van der Waals surface area contributed by atoms with Gasteiger partial charge < -0.3 is 5.11 Å². The molecule has 2 rings (SSSR count). The second-order valence-electron chi connectivity index (χ2n) is 5.61. The van der Waals surface area contributed by atoms with E-state index in [0.29, 0.717) is 18.7 Å². The monoisotopic (exact) mass is 298 g/mol. The first-order chi connectivity index (χ1) is 10.5. The Hall–Kier alpha value is -2.04. The molecule has 0 aliphatic heterocycles. The number of hydrogen-bond donors (Lipinski definition) is 1. The lowest BCUT2D eigenvalue weighted by atomic mass is 10.1. The van der Waals surface area contributed by atoms with Crippen molar-refractivity contribution < 1.29 is 9.90 Å². The maximum absolute atomic E-state index is 12.4. The minimum Gasteiger partial charge on any atom is -0.392 e. The van der Waals surface area contributed by atoms with Gasteiger partial charge >= 0.3 is 0 Å². The number of carbonyl (C=O) groups is 1. The van der Waals surface area contributed by atoms with Crippen molar-refractivity contribution in [2.75, 3.05) is 13.1 Å². The van der Waals surface area contributed by atoms with Crippen LogP contribution < -0.4 is 0 Å². The van der Waals surface area contributed by atoms with Gasteiger partial charge in [0.25, 0.3) is 0 Å². The number of rotatable bonds is 7. The fourth-order valence-corrected chi connectivity index (χ4v) is 2.41. The van der Waals surface area contributed by atoms with E-state index in [9.17, 15) is 9.90 Å². The number of aryl methyl sites for hydroxylation is 1. The first-order valence-corrected chi connectivity index (χ1v) is 7.45. The van der Waals surface area contributed by atoms with E-state index in [-0.39, 0.29) is 12.3 Å². The summed E-state index contributed by atoms with van der Waals surface area (Å²) >= 11 is 0. The molecule has 0 aliphatic rings. The molecule has 0 spiro atoms. The summed E-state index contributed by atoms with van der Waals surface area (Å²) in [7, 11) is 0. The molecule has 0 fully saturated rings. The van der Waals surface area contributed by atoms with Crippen LogP contribution in [0.15, 0.2) is 48.7 Å². The number of benzene rings is 1. The molecule has 1 atom stereocenters. The molecule has 0 amide bonds. The summed E-state index contributed by atoms with van der Waals surface area (Å²) < 4.78 is 0. The van der Waals surface area contributed by atoms with Crippen LogP contribution in [-0.4, -0.2) is 40.0 Å². The Balaban J connectivity index is 2.07. The van der Waals surface area contributed by atoms with Crippen molar-refractivity contribution in [2.24, 2.45) is 0 Å². The standard InChI is InChI=1S/C18H22N2O2/c1-14-10-17(8-9-19-14)18(22)13-20(11-15(2)21)12-16-6-4-3-5-7-16/h3-10,15,21H,11-13H2,1-2H3. The van der Waals surface area contributed by atoms with Gasteiger partial charge in [-0.1, -0.05) is 30.3 Å². The van der Waals surface area contributed by atoms with Crippen LogP contribution in [-0.2, 0) is 6.54 Å². The Morgan fingerprint density at radius 2 is 2.00 bits per heavy atom. The molecule has 4 nitrogen and oxygen atoms in total. The van der Waals surface area contributed by atoms with Crippen molar-refractivity contribution in [1.82, 2.24) is 9.88 Å². The van der Waals surface area contributed by atoms with Gasteiger partial charge in [-0.25, -0.2) is 0 Å². The summed E-state index contributed by atoms with van der Waals surface area (Å²) in [5, 5.41) is 9.67. The fourth-order valence-electron chi connectivity index (χ4n) is 2.41. The number of carbonyl (C=O) groups excluding carboxylic acids is 1. The van der Waals surface area contributed by atoms with Crippen molar-refractivity contribution in [2.45, 2.75) is 26.5 Å². The molecular formula is C18H22N2O2. The van der Waals surface area contributed by atoms with Gasteiger partial charge in [0.2, 0.25) is 0 Å². The maximum Gasteiger partial charge on any atom is 0.176 e. The number of pyridine rings is 1. The zero-order chi connectivity index (χ0) is 15.9. The molecule has 2 aromatic rings. The van der Waals surface area contributed by atoms with Crippen LogP contribution in [0, 0.1) is 6.92 Å². The topological polar surface area (TPSA) is 53.4 Å². The molecule has 1 unspecified atom stereocenters. The highest BCUT2D eigenvalue weighted by molar-refractivity contribution is 5.97. The van der Waals surface area contributed by atoms with Crippen LogP contribution in [0.5, 0.6) is 0 Å². The summed E-state index contributed by atoms with van der Waals surface area (Å²) in [4.78, 5) is 18.5. The number of aliphatic hydroxyl groups excluding tert-OH is 1. The predicted octanol–water partition coefficient (Wildman–Crippen LogP) is 2.46. The van der Waals surface area contributed by atoms with Crippen molar-refractivity contribution in [3.05, 3.63) is 65.5 Å². The van der Waals surface area contributed by atoms with Crippen LogP contribution >= 0.6 is 0 Å². The second-order valence-corrected chi connectivity index (χ2v) is 5.61. The molecule has 116 valence electrons. The average Bonchev–Trinajstić information content (AvgIpc) is 2.47. The van der Waals surface area contributed by atoms with E-state index in [4.69, 9.17) is 0 Å². The quantitative estimate of drug-likeness (QED) is 0.798. The van der Waals surface area contributed by atoms with Crippen LogP contribution in [0.2, 0.25) is 0 Å². The molecule has 1 N–H and O–H groups in total. The summed E-state index contributed by atoms with van der Waals surface area (Å²) in [5.74, 6) is 0.0436. The molecule has 0 saturated carbocycles. The SMILES string of the molecule is Cc1cc(C(=O)CN(Cc2ccccc2)CC(C)O)ccn1. The Labute approximate surface area is 131 Å². The first-order valence-electron chi connectivity index (χ1n) is 7.45. The van der Waals surface area contributed by atoms with Crippen LogP contribution in [0.1, 0.15) is 28.5 Å². The van der Waals surface area contributed by atoms with Gasteiger partial charge in [0.15, 0.2) is 5.78 Å². The number of Topliss-reactive ketones (excluding diaryl/α,β-unsaturated/α-hetero) is 1. The van der Waals surface area contributed by atoms with E-state index in [1.54, 1.807) is 25.3 Å². The van der Waals surface area contributed by atoms with Crippen molar-refractivity contribution in [3.63, 3.8) is 0 Å². The molecule has 22 heavy (non-hydrogen) atoms. The lowest BCUT2D eigenvalue weighted by molar-refractivity contribution is 0.0850. The molecular weight excluding hydrogens is 276 g/mol. The van der Waals surface area contributed by atoms with Gasteiger partial charge in [-0.05, 0) is 31.5 Å². The molecule has 1 aromatic heterocycles. The highest BCUT2D eigenvalue weighted by Crippen LogP contribution is 2.08.